The standard InChI is InChI=1S/C24H46O7/c1-5-7-9-11-13-19(3)15-23(29,17-25)21(27)31-22(28)24(30,18-26)16-20(4)14-12-10-8-6-2/h19-20,25-26,29-30H,5-18H2,1-4H3. The van der Waals surface area contributed by atoms with Crippen molar-refractivity contribution in [3.63, 3.8) is 0 Å². The molecule has 0 saturated heterocycles. The number of aliphatic hydroxyl groups excluding tert-OH is 2. The molecule has 0 amide bonds. The van der Waals surface area contributed by atoms with Crippen LogP contribution < -0.4 is 0 Å². The fraction of sp³-hybridized carbons (Fsp3) is 0.917. The fourth-order valence-corrected chi connectivity index (χ4v) is 3.90. The van der Waals surface area contributed by atoms with Crippen LogP contribution in [0, 0.1) is 11.8 Å². The predicted molar refractivity (Wildman–Crippen MR) is 120 cm³/mol. The third kappa shape index (κ3) is 11.4. The Bertz CT molecular complexity index is 466. The molecule has 4 unspecified atom stereocenters. The second-order valence-electron chi connectivity index (χ2n) is 9.37. The van der Waals surface area contributed by atoms with Crippen molar-refractivity contribution in [2.75, 3.05) is 13.2 Å². The summed E-state index contributed by atoms with van der Waals surface area (Å²) in [6.45, 7) is 6.19. The lowest BCUT2D eigenvalue weighted by Crippen LogP contribution is -2.51. The van der Waals surface area contributed by atoms with Crippen molar-refractivity contribution in [2.24, 2.45) is 11.8 Å². The van der Waals surface area contributed by atoms with E-state index in [-0.39, 0.29) is 24.7 Å². The monoisotopic (exact) mass is 446 g/mol. The summed E-state index contributed by atoms with van der Waals surface area (Å²) in [5, 5.41) is 40.4. The molecule has 4 atom stereocenters. The van der Waals surface area contributed by atoms with Gasteiger partial charge in [-0.15, -0.1) is 0 Å². The highest BCUT2D eigenvalue weighted by Crippen LogP contribution is 2.26. The van der Waals surface area contributed by atoms with Crippen molar-refractivity contribution in [2.45, 2.75) is 116 Å². The lowest BCUT2D eigenvalue weighted by Gasteiger charge is -2.30. The summed E-state index contributed by atoms with van der Waals surface area (Å²) in [5.74, 6) is -2.70. The highest BCUT2D eigenvalue weighted by Gasteiger charge is 2.45. The van der Waals surface area contributed by atoms with Gasteiger partial charge in [0.15, 0.2) is 11.2 Å². The lowest BCUT2D eigenvalue weighted by molar-refractivity contribution is -0.192. The minimum Gasteiger partial charge on any atom is -0.393 e. The van der Waals surface area contributed by atoms with Crippen LogP contribution in [0.1, 0.15) is 105 Å². The zero-order valence-corrected chi connectivity index (χ0v) is 20.1. The van der Waals surface area contributed by atoms with Crippen LogP contribution in [0.25, 0.3) is 0 Å². The molecule has 0 aromatic carbocycles. The second-order valence-corrected chi connectivity index (χ2v) is 9.37. The zero-order valence-electron chi connectivity index (χ0n) is 20.1. The SMILES string of the molecule is CCCCCCC(C)CC(O)(CO)C(=O)OC(=O)C(O)(CO)CC(C)CCCCCC. The molecule has 0 radical (unpaired) electrons. The Morgan fingerprint density at radius 3 is 1.35 bits per heavy atom. The highest BCUT2D eigenvalue weighted by molar-refractivity contribution is 5.94. The van der Waals surface area contributed by atoms with E-state index in [1.807, 2.05) is 13.8 Å². The van der Waals surface area contributed by atoms with Crippen molar-refractivity contribution < 1.29 is 34.8 Å². The Hall–Kier alpha value is -1.02. The number of hydrogen-bond donors (Lipinski definition) is 4. The molecule has 0 rings (SSSR count). The quantitative estimate of drug-likeness (QED) is 0.144. The maximum absolute atomic E-state index is 12.5. The van der Waals surface area contributed by atoms with E-state index in [0.717, 1.165) is 64.2 Å². The van der Waals surface area contributed by atoms with Crippen molar-refractivity contribution >= 4 is 11.9 Å². The van der Waals surface area contributed by atoms with Crippen LogP contribution in [0.5, 0.6) is 0 Å². The van der Waals surface area contributed by atoms with E-state index in [2.05, 4.69) is 13.8 Å². The minimum absolute atomic E-state index is 0.0485. The Labute approximate surface area is 188 Å². The molecule has 0 heterocycles. The van der Waals surface area contributed by atoms with Crippen molar-refractivity contribution in [3.05, 3.63) is 0 Å². The third-order valence-corrected chi connectivity index (χ3v) is 5.94. The number of esters is 2. The Balaban J connectivity index is 4.86. The number of carbonyl (C=O) groups is 2. The van der Waals surface area contributed by atoms with Gasteiger partial charge in [-0.2, -0.15) is 0 Å². The molecule has 0 aromatic rings. The van der Waals surface area contributed by atoms with Crippen molar-refractivity contribution in [3.8, 4) is 0 Å². The summed E-state index contributed by atoms with van der Waals surface area (Å²) in [5.41, 5.74) is -4.44. The fourth-order valence-electron chi connectivity index (χ4n) is 3.90. The maximum atomic E-state index is 12.5. The molecule has 4 N–H and O–H groups in total. The van der Waals surface area contributed by atoms with Gasteiger partial charge in [-0.1, -0.05) is 91.9 Å². The number of carbonyl (C=O) groups excluding carboxylic acids is 2. The lowest BCUT2D eigenvalue weighted by atomic mass is 9.87. The average Bonchev–Trinajstić information content (AvgIpc) is 2.73. The van der Waals surface area contributed by atoms with Crippen molar-refractivity contribution in [1.29, 1.82) is 0 Å². The molecule has 0 aliphatic heterocycles. The molecule has 7 nitrogen and oxygen atoms in total. The van der Waals surface area contributed by atoms with Gasteiger partial charge in [-0.25, -0.2) is 9.59 Å². The summed E-state index contributed by atoms with van der Waals surface area (Å²) in [4.78, 5) is 24.9. The first-order chi connectivity index (χ1) is 14.6. The summed E-state index contributed by atoms with van der Waals surface area (Å²) in [7, 11) is 0. The highest BCUT2D eigenvalue weighted by atomic mass is 16.6. The molecule has 0 spiro atoms. The van der Waals surface area contributed by atoms with Crippen LogP contribution in [0.2, 0.25) is 0 Å². The number of unbranched alkanes of at least 4 members (excludes halogenated alkanes) is 6. The van der Waals surface area contributed by atoms with E-state index in [1.54, 1.807) is 0 Å². The van der Waals surface area contributed by atoms with Crippen molar-refractivity contribution in [1.82, 2.24) is 0 Å². The van der Waals surface area contributed by atoms with Gasteiger partial charge in [0.05, 0.1) is 13.2 Å². The topological polar surface area (TPSA) is 124 Å². The third-order valence-electron chi connectivity index (χ3n) is 5.94. The van der Waals surface area contributed by atoms with E-state index < -0.39 is 36.4 Å². The molecular weight excluding hydrogens is 400 g/mol. The molecule has 31 heavy (non-hydrogen) atoms. The van der Waals surface area contributed by atoms with E-state index in [1.165, 1.54) is 0 Å². The second kappa shape index (κ2) is 15.7. The summed E-state index contributed by atoms with van der Waals surface area (Å²) < 4.78 is 4.75. The molecule has 0 aliphatic carbocycles. The summed E-state index contributed by atoms with van der Waals surface area (Å²) in [6, 6.07) is 0. The number of ether oxygens (including phenoxy) is 1. The van der Waals surface area contributed by atoms with E-state index in [4.69, 9.17) is 4.74 Å². The Kier molecular flexibility index (Phi) is 15.2. The first-order valence-electron chi connectivity index (χ1n) is 12.0. The summed E-state index contributed by atoms with van der Waals surface area (Å²) in [6.07, 6.45) is 9.91. The van der Waals surface area contributed by atoms with E-state index in [9.17, 15) is 30.0 Å². The molecule has 184 valence electrons. The average molecular weight is 447 g/mol. The minimum atomic E-state index is -2.22. The molecular formula is C24H46O7. The Morgan fingerprint density at radius 2 is 1.06 bits per heavy atom. The Morgan fingerprint density at radius 1 is 0.710 bits per heavy atom. The molecule has 0 saturated carbocycles. The number of rotatable bonds is 18. The molecule has 7 heteroatoms. The van der Waals surface area contributed by atoms with Gasteiger partial charge < -0.3 is 25.2 Å². The van der Waals surface area contributed by atoms with Crippen LogP contribution in [-0.2, 0) is 14.3 Å². The van der Waals surface area contributed by atoms with Gasteiger partial charge >= 0.3 is 11.9 Å². The normalized spacial score (nSPS) is 17.4. The van der Waals surface area contributed by atoms with Gasteiger partial charge in [-0.05, 0) is 24.7 Å². The summed E-state index contributed by atoms with van der Waals surface area (Å²) >= 11 is 0. The van der Waals surface area contributed by atoms with E-state index in [0.29, 0.717) is 0 Å². The molecule has 0 bridgehead atoms. The van der Waals surface area contributed by atoms with Crippen LogP contribution in [0.3, 0.4) is 0 Å². The molecule has 0 aliphatic rings. The van der Waals surface area contributed by atoms with Crippen LogP contribution in [-0.4, -0.2) is 56.8 Å². The van der Waals surface area contributed by atoms with Gasteiger partial charge in [0.1, 0.15) is 0 Å². The zero-order chi connectivity index (χ0) is 23.9. The molecule has 0 aromatic heterocycles. The first-order valence-corrected chi connectivity index (χ1v) is 12.0. The predicted octanol–water partition coefficient (Wildman–Crippen LogP) is 3.50. The van der Waals surface area contributed by atoms with Gasteiger partial charge in [0.25, 0.3) is 0 Å². The van der Waals surface area contributed by atoms with Crippen LogP contribution in [0.15, 0.2) is 0 Å². The first kappa shape index (κ1) is 30.0. The number of hydrogen-bond acceptors (Lipinski definition) is 7. The van der Waals surface area contributed by atoms with Gasteiger partial charge in [0.2, 0.25) is 0 Å². The largest absolute Gasteiger partial charge is 0.393 e. The van der Waals surface area contributed by atoms with Crippen LogP contribution in [0.4, 0.5) is 0 Å². The van der Waals surface area contributed by atoms with Crippen LogP contribution >= 0.6 is 0 Å². The maximum Gasteiger partial charge on any atom is 0.348 e. The van der Waals surface area contributed by atoms with E-state index >= 15 is 0 Å². The van der Waals surface area contributed by atoms with Gasteiger partial charge in [0, 0.05) is 0 Å². The number of aliphatic hydroxyl groups is 4. The van der Waals surface area contributed by atoms with Gasteiger partial charge in [-0.3, -0.25) is 0 Å². The molecule has 0 fully saturated rings. The smallest absolute Gasteiger partial charge is 0.348 e.